The Bertz CT molecular complexity index is 290. The van der Waals surface area contributed by atoms with Gasteiger partial charge in [0.1, 0.15) is 6.07 Å². The molecule has 0 aliphatic heterocycles. The quantitative estimate of drug-likeness (QED) is 0.534. The number of hydrogen-bond acceptors (Lipinski definition) is 3. The van der Waals surface area contributed by atoms with Crippen LogP contribution >= 0.6 is 0 Å². The summed E-state index contributed by atoms with van der Waals surface area (Å²) in [6.07, 6.45) is 1.12. The maximum Gasteiger partial charge on any atom is 0.214 e. The van der Waals surface area contributed by atoms with E-state index in [1.165, 1.54) is 0 Å². The number of hydrogen-bond donors (Lipinski definition) is 1. The Morgan fingerprint density at radius 2 is 2.40 bits per heavy atom. The molecule has 0 aliphatic rings. The average Bonchev–Trinajstić information content (AvgIpc) is 1.94. The van der Waals surface area contributed by atoms with Gasteiger partial charge in [0.15, 0.2) is 0 Å². The summed E-state index contributed by atoms with van der Waals surface area (Å²) in [7, 11) is 0. The molecule has 0 amide bonds. The van der Waals surface area contributed by atoms with Crippen molar-refractivity contribution < 1.29 is 4.39 Å². The molecule has 0 fully saturated rings. The zero-order chi connectivity index (χ0) is 7.56. The molecule has 1 aromatic heterocycles. The molecule has 0 saturated carbocycles. The first-order chi connectivity index (χ1) is 4.74. The van der Waals surface area contributed by atoms with Crippen molar-refractivity contribution in [3.8, 4) is 6.07 Å². The maximum absolute atomic E-state index is 12.2. The van der Waals surface area contributed by atoms with E-state index in [4.69, 9.17) is 11.0 Å². The van der Waals surface area contributed by atoms with E-state index in [0.717, 1.165) is 12.3 Å². The summed E-state index contributed by atoms with van der Waals surface area (Å²) < 4.78 is 12.2. The van der Waals surface area contributed by atoms with Crippen LogP contribution in [0.3, 0.4) is 0 Å². The molecule has 0 aromatic carbocycles. The summed E-state index contributed by atoms with van der Waals surface area (Å²) in [6, 6.07) is 2.73. The van der Waals surface area contributed by atoms with Gasteiger partial charge in [-0.05, 0) is 0 Å². The minimum Gasteiger partial charge on any atom is -0.396 e. The second-order valence-electron chi connectivity index (χ2n) is 1.71. The Labute approximate surface area is 56.9 Å². The Morgan fingerprint density at radius 1 is 1.70 bits per heavy atom. The molecule has 0 aliphatic carbocycles. The van der Waals surface area contributed by atoms with Crippen LogP contribution in [0.1, 0.15) is 5.56 Å². The van der Waals surface area contributed by atoms with Gasteiger partial charge in [0.2, 0.25) is 5.95 Å². The fraction of sp³-hybridized carbons (Fsp3) is 0. The molecule has 4 heteroatoms. The topological polar surface area (TPSA) is 62.7 Å². The van der Waals surface area contributed by atoms with Gasteiger partial charge in [-0.25, -0.2) is 4.98 Å². The van der Waals surface area contributed by atoms with Crippen LogP contribution < -0.4 is 5.73 Å². The maximum atomic E-state index is 12.2. The monoisotopic (exact) mass is 137 g/mol. The highest BCUT2D eigenvalue weighted by Gasteiger charge is 1.98. The van der Waals surface area contributed by atoms with Gasteiger partial charge in [-0.2, -0.15) is 9.65 Å². The van der Waals surface area contributed by atoms with Crippen LogP contribution in [0.15, 0.2) is 12.3 Å². The molecule has 1 rings (SSSR count). The second kappa shape index (κ2) is 2.31. The lowest BCUT2D eigenvalue weighted by Gasteiger charge is -1.93. The number of halogens is 1. The van der Waals surface area contributed by atoms with Crippen LogP contribution in [0, 0.1) is 17.3 Å². The second-order valence-corrected chi connectivity index (χ2v) is 1.71. The molecular formula is C6H4FN3. The van der Waals surface area contributed by atoms with E-state index in [2.05, 4.69) is 4.98 Å². The van der Waals surface area contributed by atoms with E-state index < -0.39 is 5.95 Å². The zero-order valence-corrected chi connectivity index (χ0v) is 5.00. The van der Waals surface area contributed by atoms with Crippen molar-refractivity contribution in [1.29, 1.82) is 5.26 Å². The molecule has 0 bridgehead atoms. The Hall–Kier alpha value is -1.63. The molecule has 1 aromatic rings. The third-order valence-corrected chi connectivity index (χ3v) is 1.02. The minimum absolute atomic E-state index is 0.118. The van der Waals surface area contributed by atoms with Gasteiger partial charge in [-0.15, -0.1) is 0 Å². The number of aromatic nitrogens is 1. The van der Waals surface area contributed by atoms with Crippen molar-refractivity contribution >= 4 is 5.69 Å². The van der Waals surface area contributed by atoms with E-state index in [9.17, 15) is 4.39 Å². The molecular weight excluding hydrogens is 133 g/mol. The molecule has 0 saturated heterocycles. The van der Waals surface area contributed by atoms with Crippen LogP contribution in [0.5, 0.6) is 0 Å². The lowest BCUT2D eigenvalue weighted by molar-refractivity contribution is 0.583. The van der Waals surface area contributed by atoms with Crippen LogP contribution in [0.4, 0.5) is 10.1 Å². The predicted octanol–water partition coefficient (Wildman–Crippen LogP) is 0.675. The van der Waals surface area contributed by atoms with E-state index in [1.54, 1.807) is 6.07 Å². The fourth-order valence-electron chi connectivity index (χ4n) is 0.537. The van der Waals surface area contributed by atoms with Gasteiger partial charge in [0, 0.05) is 6.07 Å². The van der Waals surface area contributed by atoms with Crippen molar-refractivity contribution in [2.45, 2.75) is 0 Å². The summed E-state index contributed by atoms with van der Waals surface area (Å²) >= 11 is 0. The van der Waals surface area contributed by atoms with Crippen molar-refractivity contribution in [2.24, 2.45) is 0 Å². The molecule has 1 heterocycles. The zero-order valence-electron chi connectivity index (χ0n) is 5.00. The molecule has 10 heavy (non-hydrogen) atoms. The summed E-state index contributed by atoms with van der Waals surface area (Å²) in [5.41, 5.74) is 5.56. The van der Waals surface area contributed by atoms with Crippen LogP contribution in [-0.2, 0) is 0 Å². The molecule has 50 valence electrons. The molecule has 0 spiro atoms. The Balaban J connectivity index is 3.25. The first kappa shape index (κ1) is 6.49. The smallest absolute Gasteiger partial charge is 0.214 e. The average molecular weight is 137 g/mol. The van der Waals surface area contributed by atoms with E-state index in [0.29, 0.717) is 0 Å². The predicted molar refractivity (Wildman–Crippen MR) is 33.3 cm³/mol. The number of nitrogens with two attached hydrogens (primary N) is 1. The van der Waals surface area contributed by atoms with Gasteiger partial charge in [0.25, 0.3) is 0 Å². The lowest BCUT2D eigenvalue weighted by atomic mass is 10.2. The molecule has 3 nitrogen and oxygen atoms in total. The summed E-state index contributed by atoms with van der Waals surface area (Å²) in [4.78, 5) is 3.24. The van der Waals surface area contributed by atoms with Gasteiger partial charge in [-0.1, -0.05) is 0 Å². The standard InChI is InChI=1S/C6H4FN3/c7-6-1-4(2-8)5(9)3-10-6/h1,3H,9H2. The Morgan fingerprint density at radius 3 is 2.90 bits per heavy atom. The van der Waals surface area contributed by atoms with Crippen molar-refractivity contribution in [3.05, 3.63) is 23.8 Å². The molecule has 0 radical (unpaired) electrons. The summed E-state index contributed by atoms with van der Waals surface area (Å²) in [5.74, 6) is -0.689. The van der Waals surface area contributed by atoms with E-state index in [-0.39, 0.29) is 11.3 Å². The number of anilines is 1. The number of nitriles is 1. The van der Waals surface area contributed by atoms with Crippen molar-refractivity contribution in [1.82, 2.24) is 4.98 Å². The largest absolute Gasteiger partial charge is 0.396 e. The number of nitrogens with zero attached hydrogens (tertiary/aromatic N) is 2. The van der Waals surface area contributed by atoms with Crippen LogP contribution in [0.2, 0.25) is 0 Å². The summed E-state index contributed by atoms with van der Waals surface area (Å²) in [5, 5.41) is 8.32. The SMILES string of the molecule is N#Cc1cc(F)ncc1N. The third kappa shape index (κ3) is 1.03. The van der Waals surface area contributed by atoms with Gasteiger partial charge >= 0.3 is 0 Å². The highest BCUT2D eigenvalue weighted by atomic mass is 19.1. The first-order valence-electron chi connectivity index (χ1n) is 2.55. The van der Waals surface area contributed by atoms with Crippen molar-refractivity contribution in [2.75, 3.05) is 5.73 Å². The number of nitrogen functional groups attached to an aromatic ring is 1. The Kier molecular flexibility index (Phi) is 1.50. The summed E-state index contributed by atoms with van der Waals surface area (Å²) in [6.45, 7) is 0. The van der Waals surface area contributed by atoms with E-state index in [1.807, 2.05) is 0 Å². The van der Waals surface area contributed by atoms with Crippen LogP contribution in [-0.4, -0.2) is 4.98 Å². The molecule has 0 unspecified atom stereocenters. The molecule has 0 atom stereocenters. The molecule has 2 N–H and O–H groups in total. The third-order valence-electron chi connectivity index (χ3n) is 1.02. The van der Waals surface area contributed by atoms with Crippen LogP contribution in [0.25, 0.3) is 0 Å². The minimum atomic E-state index is -0.689. The van der Waals surface area contributed by atoms with Gasteiger partial charge < -0.3 is 5.73 Å². The highest BCUT2D eigenvalue weighted by molar-refractivity contribution is 5.51. The first-order valence-corrected chi connectivity index (χ1v) is 2.55. The normalized spacial score (nSPS) is 8.80. The number of rotatable bonds is 0. The highest BCUT2D eigenvalue weighted by Crippen LogP contribution is 2.07. The lowest BCUT2D eigenvalue weighted by Crippen LogP contribution is -1.93. The van der Waals surface area contributed by atoms with Gasteiger partial charge in [0.05, 0.1) is 17.4 Å². The van der Waals surface area contributed by atoms with E-state index >= 15 is 0 Å². The fourth-order valence-corrected chi connectivity index (χ4v) is 0.537. The van der Waals surface area contributed by atoms with Crippen molar-refractivity contribution in [3.63, 3.8) is 0 Å². The number of pyridine rings is 1. The van der Waals surface area contributed by atoms with Gasteiger partial charge in [-0.3, -0.25) is 0 Å².